The number of rotatable bonds is 5. The summed E-state index contributed by atoms with van der Waals surface area (Å²) >= 11 is 6.01. The number of nitrogens with one attached hydrogen (secondary N) is 1. The van der Waals surface area contributed by atoms with Crippen LogP contribution in [0, 0.1) is 0 Å². The maximum atomic E-state index is 12.4. The highest BCUT2D eigenvalue weighted by Crippen LogP contribution is 2.16. The Morgan fingerprint density at radius 2 is 1.58 bits per heavy atom. The molecular weight excluding hydrogens is 350 g/mol. The molecule has 0 aromatic heterocycles. The molecule has 1 N–H and O–H groups in total. The molecular formula is C20H22ClN3O2. The van der Waals surface area contributed by atoms with E-state index in [1.165, 1.54) is 5.69 Å². The van der Waals surface area contributed by atoms with Crippen LogP contribution in [0.2, 0.25) is 5.02 Å². The van der Waals surface area contributed by atoms with E-state index in [9.17, 15) is 9.59 Å². The molecule has 3 rings (SSSR count). The van der Waals surface area contributed by atoms with Gasteiger partial charge in [0.05, 0.1) is 10.6 Å². The quantitative estimate of drug-likeness (QED) is 0.879. The van der Waals surface area contributed by atoms with Gasteiger partial charge in [0.15, 0.2) is 0 Å². The molecule has 0 bridgehead atoms. The first-order valence-corrected chi connectivity index (χ1v) is 9.13. The van der Waals surface area contributed by atoms with Gasteiger partial charge in [0.25, 0.3) is 5.91 Å². The number of carbonyl (C=O) groups is 2. The van der Waals surface area contributed by atoms with Crippen molar-refractivity contribution in [3.05, 3.63) is 65.2 Å². The van der Waals surface area contributed by atoms with E-state index in [0.29, 0.717) is 36.6 Å². The summed E-state index contributed by atoms with van der Waals surface area (Å²) in [6.07, 6.45) is 0.293. The molecule has 6 heteroatoms. The van der Waals surface area contributed by atoms with Crippen molar-refractivity contribution >= 4 is 29.1 Å². The lowest BCUT2D eigenvalue weighted by molar-refractivity contribution is -0.131. The zero-order valence-corrected chi connectivity index (χ0v) is 15.3. The first-order chi connectivity index (χ1) is 12.6. The molecule has 0 spiro atoms. The highest BCUT2D eigenvalue weighted by molar-refractivity contribution is 6.33. The second kappa shape index (κ2) is 8.72. The van der Waals surface area contributed by atoms with Gasteiger partial charge in [0, 0.05) is 44.8 Å². The fourth-order valence-electron chi connectivity index (χ4n) is 3.03. The van der Waals surface area contributed by atoms with Gasteiger partial charge in [-0.1, -0.05) is 41.9 Å². The Labute approximate surface area is 158 Å². The fraction of sp³-hybridized carbons (Fsp3) is 0.300. The smallest absolute Gasteiger partial charge is 0.252 e. The third-order valence-corrected chi connectivity index (χ3v) is 4.83. The van der Waals surface area contributed by atoms with Crippen LogP contribution in [0.25, 0.3) is 0 Å². The SMILES string of the molecule is O=C(NCCC(=O)N1CCN(c2ccccc2)CC1)c1ccccc1Cl. The Hall–Kier alpha value is -2.53. The Kier molecular flexibility index (Phi) is 6.12. The van der Waals surface area contributed by atoms with Crippen LogP contribution in [0.15, 0.2) is 54.6 Å². The van der Waals surface area contributed by atoms with Crippen LogP contribution < -0.4 is 10.2 Å². The molecule has 1 saturated heterocycles. The molecule has 1 aliphatic heterocycles. The third kappa shape index (κ3) is 4.55. The summed E-state index contributed by atoms with van der Waals surface area (Å²) < 4.78 is 0. The second-order valence-corrected chi connectivity index (χ2v) is 6.60. The van der Waals surface area contributed by atoms with Crippen molar-refractivity contribution in [2.24, 2.45) is 0 Å². The number of halogens is 1. The van der Waals surface area contributed by atoms with E-state index in [4.69, 9.17) is 11.6 Å². The predicted octanol–water partition coefficient (Wildman–Crippen LogP) is 2.81. The van der Waals surface area contributed by atoms with Gasteiger partial charge in [-0.2, -0.15) is 0 Å². The molecule has 26 heavy (non-hydrogen) atoms. The highest BCUT2D eigenvalue weighted by atomic mass is 35.5. The normalized spacial score (nSPS) is 14.2. The molecule has 5 nitrogen and oxygen atoms in total. The van der Waals surface area contributed by atoms with Gasteiger partial charge in [-0.3, -0.25) is 9.59 Å². The number of hydrogen-bond acceptors (Lipinski definition) is 3. The Bertz CT molecular complexity index is 759. The average Bonchev–Trinajstić information content (AvgIpc) is 2.69. The van der Waals surface area contributed by atoms with Crippen LogP contribution in [0.1, 0.15) is 16.8 Å². The maximum absolute atomic E-state index is 12.4. The topological polar surface area (TPSA) is 52.7 Å². The second-order valence-electron chi connectivity index (χ2n) is 6.19. The van der Waals surface area contributed by atoms with Crippen LogP contribution in [-0.4, -0.2) is 49.4 Å². The summed E-state index contributed by atoms with van der Waals surface area (Å²) in [7, 11) is 0. The third-order valence-electron chi connectivity index (χ3n) is 4.50. The first kappa shape index (κ1) is 18.3. The van der Waals surface area contributed by atoms with E-state index < -0.39 is 0 Å². The summed E-state index contributed by atoms with van der Waals surface area (Å²) in [5.41, 5.74) is 1.62. The molecule has 0 saturated carbocycles. The van der Waals surface area contributed by atoms with E-state index >= 15 is 0 Å². The molecule has 0 radical (unpaired) electrons. The summed E-state index contributed by atoms with van der Waals surface area (Å²) in [4.78, 5) is 28.6. The van der Waals surface area contributed by atoms with E-state index in [1.807, 2.05) is 23.1 Å². The van der Waals surface area contributed by atoms with E-state index in [2.05, 4.69) is 22.3 Å². The molecule has 2 aromatic carbocycles. The number of amides is 2. The van der Waals surface area contributed by atoms with Gasteiger partial charge in [-0.25, -0.2) is 0 Å². The van der Waals surface area contributed by atoms with E-state index in [1.54, 1.807) is 24.3 Å². The number of nitrogens with zero attached hydrogens (tertiary/aromatic N) is 2. The van der Waals surface area contributed by atoms with Gasteiger partial charge in [-0.05, 0) is 24.3 Å². The van der Waals surface area contributed by atoms with Crippen molar-refractivity contribution in [3.8, 4) is 0 Å². The minimum absolute atomic E-state index is 0.0668. The van der Waals surface area contributed by atoms with E-state index in [0.717, 1.165) is 13.1 Å². The molecule has 136 valence electrons. The van der Waals surface area contributed by atoms with Crippen molar-refractivity contribution in [2.45, 2.75) is 6.42 Å². The van der Waals surface area contributed by atoms with Crippen LogP contribution in [0.4, 0.5) is 5.69 Å². The number of benzene rings is 2. The fourth-order valence-corrected chi connectivity index (χ4v) is 3.26. The van der Waals surface area contributed by atoms with Gasteiger partial charge in [0.2, 0.25) is 5.91 Å². The standard InChI is InChI=1S/C20H22ClN3O2/c21-18-9-5-4-8-17(18)20(26)22-11-10-19(25)24-14-12-23(13-15-24)16-6-2-1-3-7-16/h1-9H,10-15H2,(H,22,26). The molecule has 2 aromatic rings. The van der Waals surface area contributed by atoms with Crippen LogP contribution in [0.3, 0.4) is 0 Å². The molecule has 0 atom stereocenters. The molecule has 0 aliphatic carbocycles. The largest absolute Gasteiger partial charge is 0.368 e. The highest BCUT2D eigenvalue weighted by Gasteiger charge is 2.21. The lowest BCUT2D eigenvalue weighted by atomic mass is 10.2. The minimum atomic E-state index is -0.253. The van der Waals surface area contributed by atoms with Crippen molar-refractivity contribution < 1.29 is 9.59 Å². The molecule has 0 unspecified atom stereocenters. The van der Waals surface area contributed by atoms with Gasteiger partial charge < -0.3 is 15.1 Å². The van der Waals surface area contributed by atoms with Crippen molar-refractivity contribution in [3.63, 3.8) is 0 Å². The summed E-state index contributed by atoms with van der Waals surface area (Å²) in [6, 6.07) is 17.1. The number of piperazine rings is 1. The molecule has 1 aliphatic rings. The number of carbonyl (C=O) groups excluding carboxylic acids is 2. The number of hydrogen-bond donors (Lipinski definition) is 1. The zero-order chi connectivity index (χ0) is 18.4. The number of para-hydroxylation sites is 1. The summed E-state index contributed by atoms with van der Waals surface area (Å²) in [5, 5.41) is 3.17. The van der Waals surface area contributed by atoms with Crippen LogP contribution in [-0.2, 0) is 4.79 Å². The van der Waals surface area contributed by atoms with Gasteiger partial charge in [-0.15, -0.1) is 0 Å². The lowest BCUT2D eigenvalue weighted by Gasteiger charge is -2.36. The first-order valence-electron chi connectivity index (χ1n) is 8.75. The molecule has 1 heterocycles. The van der Waals surface area contributed by atoms with Gasteiger partial charge >= 0.3 is 0 Å². The molecule has 1 fully saturated rings. The zero-order valence-electron chi connectivity index (χ0n) is 14.5. The van der Waals surface area contributed by atoms with Crippen molar-refractivity contribution in [2.75, 3.05) is 37.6 Å². The van der Waals surface area contributed by atoms with E-state index in [-0.39, 0.29) is 11.8 Å². The van der Waals surface area contributed by atoms with Gasteiger partial charge in [0.1, 0.15) is 0 Å². The summed E-state index contributed by atoms with van der Waals surface area (Å²) in [6.45, 7) is 3.35. The monoisotopic (exact) mass is 371 g/mol. The maximum Gasteiger partial charge on any atom is 0.252 e. The minimum Gasteiger partial charge on any atom is -0.368 e. The number of anilines is 1. The predicted molar refractivity (Wildman–Crippen MR) is 104 cm³/mol. The van der Waals surface area contributed by atoms with Crippen LogP contribution >= 0.6 is 11.6 Å². The Morgan fingerprint density at radius 1 is 0.923 bits per heavy atom. The van der Waals surface area contributed by atoms with Crippen LogP contribution in [0.5, 0.6) is 0 Å². The molecule has 2 amide bonds. The van der Waals surface area contributed by atoms with Crippen molar-refractivity contribution in [1.82, 2.24) is 10.2 Å². The van der Waals surface area contributed by atoms with Crippen molar-refractivity contribution in [1.29, 1.82) is 0 Å². The summed E-state index contributed by atoms with van der Waals surface area (Å²) in [5.74, 6) is -0.186. The lowest BCUT2D eigenvalue weighted by Crippen LogP contribution is -2.49. The Balaban J connectivity index is 1.42. The average molecular weight is 372 g/mol. The Morgan fingerprint density at radius 3 is 2.27 bits per heavy atom.